The number of methoxy groups -OCH3 is 2. The van der Waals surface area contributed by atoms with Crippen LogP contribution in [0.3, 0.4) is 0 Å². The average Bonchev–Trinajstić information content (AvgIpc) is 2.83. The van der Waals surface area contributed by atoms with E-state index in [1.165, 1.54) is 0 Å². The van der Waals surface area contributed by atoms with E-state index in [1.54, 1.807) is 14.2 Å². The highest BCUT2D eigenvalue weighted by Gasteiger charge is 2.22. The lowest BCUT2D eigenvalue weighted by Gasteiger charge is -2.16. The molecule has 0 aliphatic rings. The summed E-state index contributed by atoms with van der Waals surface area (Å²) in [5, 5.41) is 3.91. The monoisotopic (exact) mass is 305 g/mol. The first-order valence-corrected chi connectivity index (χ1v) is 7.27. The zero-order chi connectivity index (χ0) is 16.3. The fraction of sp³-hybridized carbons (Fsp3) is 0.471. The predicted octanol–water partition coefficient (Wildman–Crippen LogP) is 2.75. The van der Waals surface area contributed by atoms with E-state index < -0.39 is 0 Å². The summed E-state index contributed by atoms with van der Waals surface area (Å²) in [5.74, 6) is 0.108. The molecular formula is C17H23NO4. The first-order chi connectivity index (χ1) is 10.5. The molecule has 0 fully saturated rings. The van der Waals surface area contributed by atoms with Gasteiger partial charge in [0.15, 0.2) is 5.76 Å². The molecule has 2 aromatic rings. The third kappa shape index (κ3) is 3.15. The van der Waals surface area contributed by atoms with E-state index in [-0.39, 0.29) is 11.9 Å². The topological polar surface area (TPSA) is 60.7 Å². The zero-order valence-electron chi connectivity index (χ0n) is 13.8. The van der Waals surface area contributed by atoms with Crippen molar-refractivity contribution in [1.29, 1.82) is 0 Å². The number of benzene rings is 1. The minimum absolute atomic E-state index is 0.211. The van der Waals surface area contributed by atoms with Gasteiger partial charge in [-0.25, -0.2) is 0 Å². The Hall–Kier alpha value is -1.85. The van der Waals surface area contributed by atoms with Gasteiger partial charge in [0.2, 0.25) is 0 Å². The fourth-order valence-corrected chi connectivity index (χ4v) is 2.68. The largest absolute Gasteiger partial charge is 0.450 e. The Morgan fingerprint density at radius 3 is 2.27 bits per heavy atom. The third-order valence-corrected chi connectivity index (χ3v) is 3.76. The van der Waals surface area contributed by atoms with Gasteiger partial charge < -0.3 is 19.2 Å². The van der Waals surface area contributed by atoms with E-state index in [9.17, 15) is 4.79 Å². The number of hydrogen-bond acceptors (Lipinski definition) is 4. The van der Waals surface area contributed by atoms with Crippen LogP contribution in [0.15, 0.2) is 16.5 Å². The van der Waals surface area contributed by atoms with Crippen molar-refractivity contribution < 1.29 is 18.7 Å². The highest BCUT2D eigenvalue weighted by atomic mass is 16.5. The minimum atomic E-state index is -0.244. The smallest absolute Gasteiger partial charge is 0.287 e. The summed E-state index contributed by atoms with van der Waals surface area (Å²) in [6, 6.07) is 3.83. The Kier molecular flexibility index (Phi) is 5.21. The summed E-state index contributed by atoms with van der Waals surface area (Å²) in [6.07, 6.45) is 0. The molecule has 0 atom stereocenters. The first kappa shape index (κ1) is 16.5. The van der Waals surface area contributed by atoms with Crippen molar-refractivity contribution >= 4 is 16.9 Å². The van der Waals surface area contributed by atoms with E-state index in [2.05, 4.69) is 5.32 Å². The molecule has 0 bridgehead atoms. The van der Waals surface area contributed by atoms with Gasteiger partial charge >= 0.3 is 0 Å². The van der Waals surface area contributed by atoms with Gasteiger partial charge in [-0.3, -0.25) is 4.79 Å². The van der Waals surface area contributed by atoms with Crippen LogP contribution >= 0.6 is 0 Å². The van der Waals surface area contributed by atoms with Gasteiger partial charge in [-0.05, 0) is 31.9 Å². The number of rotatable bonds is 6. The van der Waals surface area contributed by atoms with E-state index in [4.69, 9.17) is 13.9 Å². The maximum absolute atomic E-state index is 12.5. The molecule has 0 unspecified atom stereocenters. The van der Waals surface area contributed by atoms with Crippen LogP contribution in [-0.4, -0.2) is 39.4 Å². The molecule has 2 rings (SSSR count). The fourth-order valence-electron chi connectivity index (χ4n) is 2.68. The molecule has 0 aliphatic carbocycles. The maximum atomic E-state index is 12.5. The van der Waals surface area contributed by atoms with Crippen molar-refractivity contribution in [2.45, 2.75) is 26.8 Å². The van der Waals surface area contributed by atoms with Crippen LogP contribution in [0.25, 0.3) is 11.0 Å². The number of nitrogens with one attached hydrogen (secondary N) is 1. The summed E-state index contributed by atoms with van der Waals surface area (Å²) >= 11 is 0. The van der Waals surface area contributed by atoms with Crippen LogP contribution < -0.4 is 5.32 Å². The van der Waals surface area contributed by atoms with Crippen LogP contribution in [0.4, 0.5) is 0 Å². The number of fused-ring (bicyclic) bond motifs is 1. The van der Waals surface area contributed by atoms with Crippen molar-refractivity contribution in [3.8, 4) is 0 Å². The molecule has 1 aromatic heterocycles. The third-order valence-electron chi connectivity index (χ3n) is 3.76. The molecule has 1 N–H and O–H groups in total. The van der Waals surface area contributed by atoms with E-state index >= 15 is 0 Å². The van der Waals surface area contributed by atoms with Crippen molar-refractivity contribution in [2.24, 2.45) is 0 Å². The molecule has 0 aliphatic heterocycles. The maximum Gasteiger partial charge on any atom is 0.287 e. The van der Waals surface area contributed by atoms with Crippen LogP contribution in [-0.2, 0) is 9.47 Å². The molecule has 1 amide bonds. The molecule has 120 valence electrons. The van der Waals surface area contributed by atoms with Gasteiger partial charge in [0.1, 0.15) is 5.58 Å². The van der Waals surface area contributed by atoms with Gasteiger partial charge in [0.25, 0.3) is 5.91 Å². The van der Waals surface area contributed by atoms with Gasteiger partial charge in [-0.15, -0.1) is 0 Å². The van der Waals surface area contributed by atoms with E-state index in [0.29, 0.717) is 19.0 Å². The lowest BCUT2D eigenvalue weighted by Crippen LogP contribution is -2.41. The molecule has 0 saturated carbocycles. The number of carbonyl (C=O) groups excluding carboxylic acids is 1. The van der Waals surface area contributed by atoms with Crippen molar-refractivity contribution in [2.75, 3.05) is 27.4 Å². The van der Waals surface area contributed by atoms with Crippen molar-refractivity contribution in [1.82, 2.24) is 5.32 Å². The first-order valence-electron chi connectivity index (χ1n) is 7.27. The molecule has 1 aromatic carbocycles. The molecular weight excluding hydrogens is 282 g/mol. The van der Waals surface area contributed by atoms with Crippen LogP contribution in [0.1, 0.15) is 27.2 Å². The number of amides is 1. The summed E-state index contributed by atoms with van der Waals surface area (Å²) in [6.45, 7) is 6.68. The van der Waals surface area contributed by atoms with Gasteiger partial charge in [0, 0.05) is 25.2 Å². The normalized spacial score (nSPS) is 11.4. The summed E-state index contributed by atoms with van der Waals surface area (Å²) in [5.41, 5.74) is 3.76. The number of aryl methyl sites for hydroxylation is 3. The average molecular weight is 305 g/mol. The Morgan fingerprint density at radius 1 is 1.14 bits per heavy atom. The Morgan fingerprint density at radius 2 is 1.73 bits per heavy atom. The molecule has 22 heavy (non-hydrogen) atoms. The molecule has 0 radical (unpaired) electrons. The van der Waals surface area contributed by atoms with Crippen LogP contribution in [0, 0.1) is 20.8 Å². The quantitative estimate of drug-likeness (QED) is 0.891. The van der Waals surface area contributed by atoms with E-state index in [0.717, 1.165) is 27.7 Å². The lowest BCUT2D eigenvalue weighted by molar-refractivity contribution is 0.0758. The van der Waals surface area contributed by atoms with Gasteiger partial charge in [0.05, 0.1) is 19.3 Å². The second-order valence-electron chi connectivity index (χ2n) is 5.54. The molecule has 1 heterocycles. The summed E-state index contributed by atoms with van der Waals surface area (Å²) in [7, 11) is 3.18. The highest BCUT2D eigenvalue weighted by molar-refractivity contribution is 6.00. The van der Waals surface area contributed by atoms with Crippen LogP contribution in [0.5, 0.6) is 0 Å². The Bertz CT molecular complexity index is 669. The second-order valence-corrected chi connectivity index (χ2v) is 5.54. The van der Waals surface area contributed by atoms with Gasteiger partial charge in [-0.2, -0.15) is 0 Å². The molecule has 0 spiro atoms. The Labute approximate surface area is 130 Å². The number of carbonyl (C=O) groups is 1. The van der Waals surface area contributed by atoms with E-state index in [1.807, 2.05) is 32.9 Å². The summed E-state index contributed by atoms with van der Waals surface area (Å²) in [4.78, 5) is 12.5. The zero-order valence-corrected chi connectivity index (χ0v) is 13.8. The number of furan rings is 1. The minimum Gasteiger partial charge on any atom is -0.450 e. The molecule has 5 heteroatoms. The van der Waals surface area contributed by atoms with Crippen molar-refractivity contribution in [3.05, 3.63) is 34.6 Å². The van der Waals surface area contributed by atoms with Gasteiger partial charge in [-0.1, -0.05) is 12.1 Å². The number of hydrogen-bond donors (Lipinski definition) is 1. The highest BCUT2D eigenvalue weighted by Crippen LogP contribution is 2.30. The lowest BCUT2D eigenvalue weighted by atomic mass is 10.0. The van der Waals surface area contributed by atoms with Crippen molar-refractivity contribution in [3.63, 3.8) is 0 Å². The standard InChI is InChI=1S/C17H23NO4/c1-10-6-7-11(2)15-14(10)12(3)16(22-15)17(19)18-13(8-20-4)9-21-5/h6-7,13H,8-9H2,1-5H3,(H,18,19). The second kappa shape index (κ2) is 6.94. The van der Waals surface area contributed by atoms with Crippen LogP contribution in [0.2, 0.25) is 0 Å². The Balaban J connectivity index is 2.34. The summed E-state index contributed by atoms with van der Waals surface area (Å²) < 4.78 is 16.0. The number of ether oxygens (including phenoxy) is 2. The predicted molar refractivity (Wildman–Crippen MR) is 85.4 cm³/mol. The SMILES string of the molecule is COCC(COC)NC(=O)c1oc2c(C)ccc(C)c2c1C. The molecule has 0 saturated heterocycles. The molecule has 5 nitrogen and oxygen atoms in total.